The predicted octanol–water partition coefficient (Wildman–Crippen LogP) is 2.46. The van der Waals surface area contributed by atoms with Gasteiger partial charge in [-0.15, -0.1) is 0 Å². The quantitative estimate of drug-likeness (QED) is 0.827. The Bertz CT molecular complexity index is 441. The van der Waals surface area contributed by atoms with Crippen molar-refractivity contribution in [2.24, 2.45) is 11.8 Å². The molecule has 0 aliphatic heterocycles. The first-order valence-corrected chi connectivity index (χ1v) is 6.69. The van der Waals surface area contributed by atoms with Gasteiger partial charge in [-0.3, -0.25) is 4.79 Å². The number of aliphatic carboxylic acids is 1. The van der Waals surface area contributed by atoms with E-state index in [9.17, 15) is 4.79 Å². The first-order chi connectivity index (χ1) is 9.02. The van der Waals surface area contributed by atoms with Crippen LogP contribution in [-0.4, -0.2) is 24.2 Å². The van der Waals surface area contributed by atoms with E-state index in [2.05, 4.69) is 5.32 Å². The first-order valence-electron chi connectivity index (χ1n) is 6.69. The molecule has 3 atom stereocenters. The molecule has 19 heavy (non-hydrogen) atoms. The van der Waals surface area contributed by atoms with Crippen molar-refractivity contribution < 1.29 is 14.6 Å². The number of carboxylic acid groups (broad SMARTS) is 1. The molecule has 0 aromatic heterocycles. The van der Waals surface area contributed by atoms with Crippen LogP contribution in [-0.2, 0) is 4.79 Å². The number of rotatable bonds is 6. The number of benzene rings is 1. The Morgan fingerprint density at radius 2 is 2.00 bits per heavy atom. The van der Waals surface area contributed by atoms with Gasteiger partial charge in [-0.05, 0) is 50.9 Å². The van der Waals surface area contributed by atoms with E-state index >= 15 is 0 Å². The summed E-state index contributed by atoms with van der Waals surface area (Å²) >= 11 is 0. The number of hydrogen-bond donors (Lipinski definition) is 2. The normalized spacial score (nSPS) is 23.2. The molecule has 3 unspecified atom stereocenters. The summed E-state index contributed by atoms with van der Waals surface area (Å²) in [4.78, 5) is 11.0. The van der Waals surface area contributed by atoms with Gasteiger partial charge >= 0.3 is 5.97 Å². The lowest BCUT2D eigenvalue weighted by atomic mass is 10.0. The van der Waals surface area contributed by atoms with E-state index in [0.717, 1.165) is 17.7 Å². The topological polar surface area (TPSA) is 58.6 Å². The molecule has 1 saturated carbocycles. The molecule has 1 aliphatic rings. The van der Waals surface area contributed by atoms with Gasteiger partial charge in [0, 0.05) is 6.04 Å². The minimum Gasteiger partial charge on any atom is -0.491 e. The van der Waals surface area contributed by atoms with Crippen molar-refractivity contribution in [3.63, 3.8) is 0 Å². The number of nitrogens with one attached hydrogen (secondary N) is 1. The Labute approximate surface area is 113 Å². The highest BCUT2D eigenvalue weighted by Crippen LogP contribution is 2.47. The fourth-order valence-electron chi connectivity index (χ4n) is 2.52. The Morgan fingerprint density at radius 3 is 2.42 bits per heavy atom. The summed E-state index contributed by atoms with van der Waals surface area (Å²) in [5.41, 5.74) is 1.12. The summed E-state index contributed by atoms with van der Waals surface area (Å²) in [6.45, 7) is 3.98. The summed E-state index contributed by atoms with van der Waals surface area (Å²) in [6, 6.07) is 8.01. The highest BCUT2D eigenvalue weighted by atomic mass is 16.5. The van der Waals surface area contributed by atoms with E-state index in [-0.39, 0.29) is 24.0 Å². The van der Waals surface area contributed by atoms with Gasteiger partial charge in [0.2, 0.25) is 0 Å². The van der Waals surface area contributed by atoms with Crippen LogP contribution >= 0.6 is 0 Å². The lowest BCUT2D eigenvalue weighted by Gasteiger charge is -2.17. The zero-order valence-corrected chi connectivity index (χ0v) is 11.6. The summed E-state index contributed by atoms with van der Waals surface area (Å²) in [5.74, 6) is 0.146. The average Bonchev–Trinajstić information content (AvgIpc) is 3.12. The van der Waals surface area contributed by atoms with Gasteiger partial charge in [0.25, 0.3) is 0 Å². The van der Waals surface area contributed by atoms with E-state index in [4.69, 9.17) is 9.84 Å². The van der Waals surface area contributed by atoms with Crippen molar-refractivity contribution in [3.05, 3.63) is 29.8 Å². The second-order valence-electron chi connectivity index (χ2n) is 5.35. The molecule has 104 valence electrons. The summed E-state index contributed by atoms with van der Waals surface area (Å²) < 4.78 is 5.60. The van der Waals surface area contributed by atoms with Crippen LogP contribution in [0.3, 0.4) is 0 Å². The van der Waals surface area contributed by atoms with Crippen molar-refractivity contribution >= 4 is 5.97 Å². The lowest BCUT2D eigenvalue weighted by Crippen LogP contribution is -2.20. The van der Waals surface area contributed by atoms with E-state index in [1.165, 1.54) is 0 Å². The third kappa shape index (κ3) is 3.26. The van der Waals surface area contributed by atoms with E-state index in [0.29, 0.717) is 0 Å². The minimum atomic E-state index is -0.690. The molecule has 0 spiro atoms. The van der Waals surface area contributed by atoms with Gasteiger partial charge in [0.15, 0.2) is 0 Å². The fraction of sp³-hybridized carbons (Fsp3) is 0.533. The largest absolute Gasteiger partial charge is 0.491 e. The zero-order valence-electron chi connectivity index (χ0n) is 11.6. The monoisotopic (exact) mass is 263 g/mol. The molecule has 1 aromatic carbocycles. The maximum atomic E-state index is 11.0. The molecule has 0 bridgehead atoms. The van der Waals surface area contributed by atoms with Crippen LogP contribution in [0.5, 0.6) is 5.75 Å². The van der Waals surface area contributed by atoms with Crippen LogP contribution in [0.25, 0.3) is 0 Å². The Hall–Kier alpha value is -1.55. The molecule has 2 N–H and O–H groups in total. The van der Waals surface area contributed by atoms with Crippen LogP contribution in [0.4, 0.5) is 0 Å². The average molecular weight is 263 g/mol. The minimum absolute atomic E-state index is 0.106. The molecular formula is C15H21NO3. The molecule has 2 rings (SSSR count). The molecular weight excluding hydrogens is 242 g/mol. The molecule has 0 amide bonds. The molecule has 1 aliphatic carbocycles. The Kier molecular flexibility index (Phi) is 4.10. The smallest absolute Gasteiger partial charge is 0.306 e. The molecule has 0 heterocycles. The van der Waals surface area contributed by atoms with Crippen molar-refractivity contribution in [2.75, 3.05) is 7.05 Å². The van der Waals surface area contributed by atoms with Gasteiger partial charge in [-0.25, -0.2) is 0 Å². The Balaban J connectivity index is 2.05. The van der Waals surface area contributed by atoms with Gasteiger partial charge in [0.1, 0.15) is 5.75 Å². The summed E-state index contributed by atoms with van der Waals surface area (Å²) in [7, 11) is 1.88. The second-order valence-corrected chi connectivity index (χ2v) is 5.35. The van der Waals surface area contributed by atoms with Gasteiger partial charge in [-0.1, -0.05) is 12.1 Å². The molecule has 1 aromatic rings. The molecule has 0 saturated heterocycles. The highest BCUT2D eigenvalue weighted by Gasteiger charge is 2.47. The van der Waals surface area contributed by atoms with Crippen molar-refractivity contribution in [1.29, 1.82) is 0 Å². The zero-order chi connectivity index (χ0) is 14.0. The van der Waals surface area contributed by atoms with Crippen molar-refractivity contribution in [3.8, 4) is 5.75 Å². The van der Waals surface area contributed by atoms with Crippen LogP contribution in [0.1, 0.15) is 31.9 Å². The second kappa shape index (κ2) is 5.61. The van der Waals surface area contributed by atoms with Crippen LogP contribution < -0.4 is 10.1 Å². The van der Waals surface area contributed by atoms with Gasteiger partial charge in [0.05, 0.1) is 12.0 Å². The van der Waals surface area contributed by atoms with Crippen molar-refractivity contribution in [1.82, 2.24) is 5.32 Å². The van der Waals surface area contributed by atoms with Gasteiger partial charge < -0.3 is 15.2 Å². The first kappa shape index (κ1) is 13.9. The summed E-state index contributed by atoms with van der Waals surface area (Å²) in [5, 5.41) is 12.2. The number of carbonyl (C=O) groups is 1. The molecule has 1 fully saturated rings. The van der Waals surface area contributed by atoms with E-state index in [1.807, 2.05) is 45.2 Å². The molecule has 4 nitrogen and oxygen atoms in total. The third-order valence-electron chi connectivity index (χ3n) is 3.51. The van der Waals surface area contributed by atoms with E-state index in [1.54, 1.807) is 0 Å². The van der Waals surface area contributed by atoms with Crippen LogP contribution in [0.2, 0.25) is 0 Å². The SMILES string of the molecule is CNC(c1ccc(OC(C)C)cc1)C1CC1C(=O)O. The van der Waals surface area contributed by atoms with E-state index < -0.39 is 5.97 Å². The maximum Gasteiger partial charge on any atom is 0.306 e. The standard InChI is InChI=1S/C15H21NO3/c1-9(2)19-11-6-4-10(5-7-11)14(16-3)12-8-13(12)15(17)18/h4-7,9,12-14,16H,8H2,1-3H3,(H,17,18). The number of hydrogen-bond acceptors (Lipinski definition) is 3. The Morgan fingerprint density at radius 1 is 1.37 bits per heavy atom. The lowest BCUT2D eigenvalue weighted by molar-refractivity contribution is -0.138. The maximum absolute atomic E-state index is 11.0. The van der Waals surface area contributed by atoms with Gasteiger partial charge in [-0.2, -0.15) is 0 Å². The van der Waals surface area contributed by atoms with Crippen LogP contribution in [0, 0.1) is 11.8 Å². The molecule has 0 radical (unpaired) electrons. The predicted molar refractivity (Wildman–Crippen MR) is 73.2 cm³/mol. The number of ether oxygens (including phenoxy) is 1. The fourth-order valence-corrected chi connectivity index (χ4v) is 2.52. The third-order valence-corrected chi connectivity index (χ3v) is 3.51. The van der Waals surface area contributed by atoms with Crippen LogP contribution in [0.15, 0.2) is 24.3 Å². The highest BCUT2D eigenvalue weighted by molar-refractivity contribution is 5.73. The van der Waals surface area contributed by atoms with Crippen molar-refractivity contribution in [2.45, 2.75) is 32.4 Å². The molecule has 4 heteroatoms. The summed E-state index contributed by atoms with van der Waals surface area (Å²) in [6.07, 6.45) is 0.913. The number of carboxylic acids is 1.